The van der Waals surface area contributed by atoms with Crippen molar-refractivity contribution in [1.29, 1.82) is 0 Å². The Kier molecular flexibility index (Phi) is 2.22. The number of imidazole rings is 1. The van der Waals surface area contributed by atoms with Crippen LogP contribution in [0, 0.1) is 0 Å². The van der Waals surface area contributed by atoms with E-state index in [1.807, 2.05) is 30.5 Å². The van der Waals surface area contributed by atoms with Crippen LogP contribution in [0.4, 0.5) is 5.13 Å². The first-order chi connectivity index (χ1) is 8.26. The lowest BCUT2D eigenvalue weighted by Crippen LogP contribution is -1.86. The molecule has 17 heavy (non-hydrogen) atoms. The summed E-state index contributed by atoms with van der Waals surface area (Å²) in [6, 6.07) is 7.76. The van der Waals surface area contributed by atoms with Gasteiger partial charge in [-0.2, -0.15) is 0 Å². The molecule has 0 unspecified atom stereocenters. The molecule has 0 amide bonds. The van der Waals surface area contributed by atoms with Gasteiger partial charge in [-0.25, -0.2) is 9.50 Å². The summed E-state index contributed by atoms with van der Waals surface area (Å²) in [5, 5.41) is 4.64. The number of hydrogen-bond donors (Lipinski definition) is 1. The minimum absolute atomic E-state index is 0.518. The molecule has 0 saturated carbocycles. The Bertz CT molecular complexity index is 641. The van der Waals surface area contributed by atoms with Crippen LogP contribution in [0.5, 0.6) is 5.75 Å². The van der Waals surface area contributed by atoms with Crippen molar-refractivity contribution in [3.8, 4) is 17.0 Å². The number of anilines is 1. The van der Waals surface area contributed by atoms with Crippen molar-refractivity contribution in [3.63, 3.8) is 0 Å². The molecule has 0 bridgehead atoms. The van der Waals surface area contributed by atoms with Crippen molar-refractivity contribution in [2.24, 2.45) is 0 Å². The van der Waals surface area contributed by atoms with E-state index in [0.29, 0.717) is 5.13 Å². The molecule has 0 saturated heterocycles. The maximum atomic E-state index is 5.60. The first-order valence-electron chi connectivity index (χ1n) is 5.02. The Balaban J connectivity index is 2.09. The number of aromatic nitrogens is 3. The molecule has 0 fully saturated rings. The molecule has 3 rings (SSSR count). The van der Waals surface area contributed by atoms with Gasteiger partial charge in [-0.1, -0.05) is 23.5 Å². The van der Waals surface area contributed by atoms with Crippen LogP contribution in [0.2, 0.25) is 0 Å². The normalized spacial score (nSPS) is 10.9. The second-order valence-electron chi connectivity index (χ2n) is 3.53. The number of methoxy groups -OCH3 is 1. The maximum Gasteiger partial charge on any atom is 0.214 e. The minimum atomic E-state index is 0.518. The zero-order valence-electron chi connectivity index (χ0n) is 9.12. The first kappa shape index (κ1) is 10.1. The van der Waals surface area contributed by atoms with E-state index in [0.717, 1.165) is 22.0 Å². The van der Waals surface area contributed by atoms with E-state index in [1.165, 1.54) is 11.3 Å². The fourth-order valence-electron chi connectivity index (χ4n) is 1.64. The standard InChI is InChI=1S/C11H10N4OS/c1-16-8-4-2-3-7(5-8)9-6-15-11(13-9)17-10(12)14-15/h2-6H,1H3,(H2,12,14). The summed E-state index contributed by atoms with van der Waals surface area (Å²) in [5.74, 6) is 0.811. The molecule has 86 valence electrons. The summed E-state index contributed by atoms with van der Waals surface area (Å²) >= 11 is 1.36. The molecule has 0 atom stereocenters. The highest BCUT2D eigenvalue weighted by Gasteiger charge is 2.08. The van der Waals surface area contributed by atoms with Crippen LogP contribution in [-0.2, 0) is 0 Å². The Morgan fingerprint density at radius 2 is 2.29 bits per heavy atom. The summed E-state index contributed by atoms with van der Waals surface area (Å²) in [6.07, 6.45) is 1.86. The molecule has 2 heterocycles. The van der Waals surface area contributed by atoms with Gasteiger partial charge in [0.1, 0.15) is 5.75 Å². The zero-order chi connectivity index (χ0) is 11.8. The van der Waals surface area contributed by atoms with Gasteiger partial charge in [-0.05, 0) is 12.1 Å². The van der Waals surface area contributed by atoms with Gasteiger partial charge in [0.05, 0.1) is 19.0 Å². The monoisotopic (exact) mass is 246 g/mol. The predicted octanol–water partition coefficient (Wildman–Crippen LogP) is 2.05. The highest BCUT2D eigenvalue weighted by atomic mass is 32.1. The predicted molar refractivity (Wildman–Crippen MR) is 67.3 cm³/mol. The summed E-state index contributed by atoms with van der Waals surface area (Å²) in [7, 11) is 1.65. The van der Waals surface area contributed by atoms with Gasteiger partial charge in [0, 0.05) is 5.56 Å². The zero-order valence-corrected chi connectivity index (χ0v) is 9.94. The van der Waals surface area contributed by atoms with Gasteiger partial charge < -0.3 is 10.5 Å². The second-order valence-corrected chi connectivity index (χ2v) is 4.51. The molecule has 1 aromatic carbocycles. The summed E-state index contributed by atoms with van der Waals surface area (Å²) in [6.45, 7) is 0. The lowest BCUT2D eigenvalue weighted by Gasteiger charge is -2.00. The summed E-state index contributed by atoms with van der Waals surface area (Å²) in [4.78, 5) is 5.25. The van der Waals surface area contributed by atoms with E-state index in [4.69, 9.17) is 10.5 Å². The van der Waals surface area contributed by atoms with E-state index in [1.54, 1.807) is 11.6 Å². The lowest BCUT2D eigenvalue weighted by molar-refractivity contribution is 0.415. The molecule has 2 aromatic heterocycles. The van der Waals surface area contributed by atoms with Gasteiger partial charge in [-0.3, -0.25) is 0 Å². The molecule has 0 aliphatic heterocycles. The minimum Gasteiger partial charge on any atom is -0.497 e. The van der Waals surface area contributed by atoms with Crippen LogP contribution >= 0.6 is 11.3 Å². The molecule has 0 aliphatic carbocycles. The van der Waals surface area contributed by atoms with Gasteiger partial charge >= 0.3 is 0 Å². The third-order valence-corrected chi connectivity index (χ3v) is 3.18. The number of nitrogen functional groups attached to an aromatic ring is 1. The van der Waals surface area contributed by atoms with E-state index in [2.05, 4.69) is 10.1 Å². The van der Waals surface area contributed by atoms with E-state index in [9.17, 15) is 0 Å². The Morgan fingerprint density at radius 1 is 1.41 bits per heavy atom. The Morgan fingerprint density at radius 3 is 3.06 bits per heavy atom. The average Bonchev–Trinajstić information content (AvgIpc) is 2.86. The molecule has 0 spiro atoms. The van der Waals surface area contributed by atoms with Crippen molar-refractivity contribution in [3.05, 3.63) is 30.5 Å². The van der Waals surface area contributed by atoms with Gasteiger partial charge in [0.2, 0.25) is 10.1 Å². The molecule has 0 aliphatic rings. The number of nitrogens with zero attached hydrogens (tertiary/aromatic N) is 3. The maximum absolute atomic E-state index is 5.60. The molecule has 6 heteroatoms. The molecular weight excluding hydrogens is 236 g/mol. The smallest absolute Gasteiger partial charge is 0.214 e. The van der Waals surface area contributed by atoms with Crippen LogP contribution < -0.4 is 10.5 Å². The number of hydrogen-bond acceptors (Lipinski definition) is 5. The number of benzene rings is 1. The highest BCUT2D eigenvalue weighted by molar-refractivity contribution is 7.20. The lowest BCUT2D eigenvalue weighted by atomic mass is 10.1. The number of rotatable bonds is 2. The van der Waals surface area contributed by atoms with E-state index in [-0.39, 0.29) is 0 Å². The van der Waals surface area contributed by atoms with Crippen LogP contribution in [0.1, 0.15) is 0 Å². The third-order valence-electron chi connectivity index (χ3n) is 2.42. The van der Waals surface area contributed by atoms with Gasteiger partial charge in [0.15, 0.2) is 0 Å². The van der Waals surface area contributed by atoms with Crippen molar-refractivity contribution < 1.29 is 4.74 Å². The number of fused-ring (bicyclic) bond motifs is 1. The van der Waals surface area contributed by atoms with Crippen LogP contribution in [-0.4, -0.2) is 21.7 Å². The van der Waals surface area contributed by atoms with Crippen molar-refractivity contribution in [2.75, 3.05) is 12.8 Å². The SMILES string of the molecule is COc1cccc(-c2cn3nc(N)sc3n2)c1. The largest absolute Gasteiger partial charge is 0.497 e. The summed E-state index contributed by atoms with van der Waals surface area (Å²) < 4.78 is 6.87. The van der Waals surface area contributed by atoms with E-state index < -0.39 is 0 Å². The van der Waals surface area contributed by atoms with Crippen LogP contribution in [0.25, 0.3) is 16.2 Å². The molecule has 0 radical (unpaired) electrons. The van der Waals surface area contributed by atoms with Crippen molar-refractivity contribution in [1.82, 2.24) is 14.6 Å². The van der Waals surface area contributed by atoms with Gasteiger partial charge in [0.25, 0.3) is 0 Å². The van der Waals surface area contributed by atoms with Crippen LogP contribution in [0.15, 0.2) is 30.5 Å². The molecule has 5 nitrogen and oxygen atoms in total. The van der Waals surface area contributed by atoms with Crippen LogP contribution in [0.3, 0.4) is 0 Å². The average molecular weight is 246 g/mol. The molecular formula is C11H10N4OS. The topological polar surface area (TPSA) is 65.4 Å². The summed E-state index contributed by atoms with van der Waals surface area (Å²) in [5.41, 5.74) is 7.46. The Hall–Kier alpha value is -2.08. The third kappa shape index (κ3) is 1.72. The highest BCUT2D eigenvalue weighted by Crippen LogP contribution is 2.25. The van der Waals surface area contributed by atoms with E-state index >= 15 is 0 Å². The van der Waals surface area contributed by atoms with Crippen molar-refractivity contribution in [2.45, 2.75) is 0 Å². The number of nitrogens with two attached hydrogens (primary N) is 1. The first-order valence-corrected chi connectivity index (χ1v) is 5.84. The fraction of sp³-hybridized carbons (Fsp3) is 0.0909. The number of ether oxygens (including phenoxy) is 1. The molecule has 3 aromatic rings. The quantitative estimate of drug-likeness (QED) is 0.751. The van der Waals surface area contributed by atoms with Gasteiger partial charge in [-0.15, -0.1) is 5.10 Å². The fourth-order valence-corrected chi connectivity index (χ4v) is 2.28. The van der Waals surface area contributed by atoms with Crippen molar-refractivity contribution >= 4 is 21.4 Å². The second kappa shape index (κ2) is 3.74. The molecule has 2 N–H and O–H groups in total. The Labute approximate surface area is 101 Å².